The van der Waals surface area contributed by atoms with E-state index in [1.54, 1.807) is 12.1 Å². The van der Waals surface area contributed by atoms with Gasteiger partial charge in [-0.3, -0.25) is 9.63 Å². The lowest BCUT2D eigenvalue weighted by atomic mass is 9.84. The second-order valence-electron chi connectivity index (χ2n) is 5.45. The van der Waals surface area contributed by atoms with Gasteiger partial charge in [-0.25, -0.2) is 5.48 Å². The molecule has 4 heteroatoms. The van der Waals surface area contributed by atoms with Crippen LogP contribution >= 0.6 is 0 Å². The van der Waals surface area contributed by atoms with E-state index < -0.39 is 5.41 Å². The summed E-state index contributed by atoms with van der Waals surface area (Å²) in [6.45, 7) is 4.03. The van der Waals surface area contributed by atoms with Crippen LogP contribution in [-0.4, -0.2) is 5.91 Å². The second-order valence-corrected chi connectivity index (χ2v) is 5.45. The summed E-state index contributed by atoms with van der Waals surface area (Å²) in [4.78, 5) is 17.6. The minimum atomic E-state index is -0.690. The third kappa shape index (κ3) is 3.83. The summed E-state index contributed by atoms with van der Waals surface area (Å²) in [6, 6.07) is 17.0. The van der Waals surface area contributed by atoms with E-state index in [4.69, 9.17) is 10.6 Å². The van der Waals surface area contributed by atoms with Gasteiger partial charge in [0, 0.05) is 5.69 Å². The number of benzene rings is 2. The molecule has 4 nitrogen and oxygen atoms in total. The Bertz CT molecular complexity index is 592. The van der Waals surface area contributed by atoms with Gasteiger partial charge in [-0.15, -0.1) is 0 Å². The summed E-state index contributed by atoms with van der Waals surface area (Å²) in [5, 5.41) is 0. The average Bonchev–Trinajstić information content (AvgIpc) is 2.48. The normalized spacial score (nSPS) is 11.1. The molecule has 0 aromatic heterocycles. The van der Waals surface area contributed by atoms with Gasteiger partial charge in [0.25, 0.3) is 5.91 Å². The van der Waals surface area contributed by atoms with E-state index in [1.807, 2.05) is 56.3 Å². The van der Waals surface area contributed by atoms with Crippen LogP contribution in [-0.2, 0) is 21.7 Å². The predicted octanol–water partition coefficient (Wildman–Crippen LogP) is 2.79. The van der Waals surface area contributed by atoms with E-state index in [2.05, 4.69) is 5.48 Å². The largest absolute Gasteiger partial charge is 0.399 e. The van der Waals surface area contributed by atoms with E-state index in [0.29, 0.717) is 12.3 Å². The van der Waals surface area contributed by atoms with Gasteiger partial charge < -0.3 is 5.73 Å². The fourth-order valence-corrected chi connectivity index (χ4v) is 1.92. The van der Waals surface area contributed by atoms with Crippen LogP contribution in [0.4, 0.5) is 5.69 Å². The highest BCUT2D eigenvalue weighted by Crippen LogP contribution is 2.24. The second kappa shape index (κ2) is 6.41. The van der Waals surface area contributed by atoms with Crippen LogP contribution in [0.2, 0.25) is 0 Å². The van der Waals surface area contributed by atoms with Crippen molar-refractivity contribution >= 4 is 11.6 Å². The Labute approximate surface area is 124 Å². The number of carbonyl (C=O) groups is 1. The van der Waals surface area contributed by atoms with Gasteiger partial charge in [0.15, 0.2) is 0 Å². The zero-order chi connectivity index (χ0) is 15.3. The topological polar surface area (TPSA) is 64.3 Å². The van der Waals surface area contributed by atoms with Crippen molar-refractivity contribution in [3.05, 3.63) is 65.7 Å². The van der Waals surface area contributed by atoms with Gasteiger partial charge in [-0.1, -0.05) is 42.5 Å². The molecule has 0 aliphatic rings. The third-order valence-corrected chi connectivity index (χ3v) is 3.45. The number of carbonyl (C=O) groups excluding carboxylic acids is 1. The molecule has 21 heavy (non-hydrogen) atoms. The summed E-state index contributed by atoms with van der Waals surface area (Å²) in [5.74, 6) is -0.191. The number of nitrogens with two attached hydrogens (primary N) is 1. The van der Waals surface area contributed by atoms with Crippen LogP contribution in [0.3, 0.4) is 0 Å². The van der Waals surface area contributed by atoms with E-state index in [1.165, 1.54) is 0 Å². The van der Waals surface area contributed by atoms with Gasteiger partial charge in [0.05, 0.1) is 12.0 Å². The molecule has 3 N–H and O–H groups in total. The fraction of sp³-hybridized carbons (Fsp3) is 0.235. The third-order valence-electron chi connectivity index (χ3n) is 3.45. The summed E-state index contributed by atoms with van der Waals surface area (Å²) in [7, 11) is 0. The lowest BCUT2D eigenvalue weighted by molar-refractivity contribution is -0.139. The van der Waals surface area contributed by atoms with Gasteiger partial charge >= 0.3 is 0 Å². The van der Waals surface area contributed by atoms with Crippen LogP contribution < -0.4 is 11.2 Å². The first kappa shape index (κ1) is 15.1. The smallest absolute Gasteiger partial charge is 0.253 e. The molecule has 0 aliphatic heterocycles. The van der Waals surface area contributed by atoms with Crippen molar-refractivity contribution < 1.29 is 9.63 Å². The molecule has 0 radical (unpaired) electrons. The molecule has 0 atom stereocenters. The van der Waals surface area contributed by atoms with E-state index in [-0.39, 0.29) is 5.91 Å². The summed E-state index contributed by atoms with van der Waals surface area (Å²) in [6.07, 6.45) is 0. The maximum absolute atomic E-state index is 12.3. The number of hydrogen-bond donors (Lipinski definition) is 2. The van der Waals surface area contributed by atoms with Crippen molar-refractivity contribution in [2.75, 3.05) is 5.73 Å². The first-order chi connectivity index (χ1) is 10.00. The number of hydrogen-bond acceptors (Lipinski definition) is 3. The molecule has 0 saturated heterocycles. The Balaban J connectivity index is 1.94. The first-order valence-corrected chi connectivity index (χ1v) is 6.82. The van der Waals surface area contributed by atoms with E-state index in [0.717, 1.165) is 11.1 Å². The van der Waals surface area contributed by atoms with Gasteiger partial charge in [0.2, 0.25) is 0 Å². The summed E-state index contributed by atoms with van der Waals surface area (Å²) < 4.78 is 0. The Kier molecular flexibility index (Phi) is 4.60. The molecular weight excluding hydrogens is 264 g/mol. The monoisotopic (exact) mass is 284 g/mol. The number of amides is 1. The van der Waals surface area contributed by atoms with Crippen molar-refractivity contribution in [3.63, 3.8) is 0 Å². The van der Waals surface area contributed by atoms with Crippen LogP contribution in [0.15, 0.2) is 54.6 Å². The fourth-order valence-electron chi connectivity index (χ4n) is 1.92. The Hall–Kier alpha value is -2.33. The molecule has 2 rings (SSSR count). The van der Waals surface area contributed by atoms with Crippen molar-refractivity contribution in [2.24, 2.45) is 0 Å². The number of anilines is 1. The zero-order valence-electron chi connectivity index (χ0n) is 12.3. The maximum atomic E-state index is 12.3. The Morgan fingerprint density at radius 1 is 1.10 bits per heavy atom. The highest BCUT2D eigenvalue weighted by Gasteiger charge is 2.29. The summed E-state index contributed by atoms with van der Waals surface area (Å²) in [5.41, 5.74) is 10.1. The van der Waals surface area contributed by atoms with Gasteiger partial charge in [0.1, 0.15) is 0 Å². The molecule has 1 amide bonds. The number of hydroxylamine groups is 1. The molecule has 0 saturated carbocycles. The zero-order valence-corrected chi connectivity index (χ0v) is 12.3. The van der Waals surface area contributed by atoms with E-state index in [9.17, 15) is 4.79 Å². The molecule has 2 aromatic carbocycles. The molecule has 0 bridgehead atoms. The molecule has 110 valence electrons. The molecule has 0 heterocycles. The Morgan fingerprint density at radius 2 is 1.71 bits per heavy atom. The van der Waals surface area contributed by atoms with Gasteiger partial charge in [-0.2, -0.15) is 0 Å². The minimum absolute atomic E-state index is 0.191. The highest BCUT2D eigenvalue weighted by molar-refractivity contribution is 5.86. The van der Waals surface area contributed by atoms with Gasteiger partial charge in [-0.05, 0) is 37.1 Å². The first-order valence-electron chi connectivity index (χ1n) is 6.82. The number of rotatable bonds is 5. The molecule has 0 unspecified atom stereocenters. The number of nitrogen functional groups attached to an aromatic ring is 1. The van der Waals surface area contributed by atoms with Crippen molar-refractivity contribution in [3.8, 4) is 0 Å². The molecule has 0 aliphatic carbocycles. The lowest BCUT2D eigenvalue weighted by Crippen LogP contribution is -2.40. The average molecular weight is 284 g/mol. The Morgan fingerprint density at radius 3 is 2.33 bits per heavy atom. The SMILES string of the molecule is CC(C)(C(=O)NOCc1ccccc1)c1ccc(N)cc1. The minimum Gasteiger partial charge on any atom is -0.399 e. The molecular formula is C17H20N2O2. The van der Waals surface area contributed by atoms with E-state index >= 15 is 0 Å². The van der Waals surface area contributed by atoms with Crippen LogP contribution in [0.1, 0.15) is 25.0 Å². The predicted molar refractivity (Wildman–Crippen MR) is 83.3 cm³/mol. The van der Waals surface area contributed by atoms with Crippen molar-refractivity contribution in [1.82, 2.24) is 5.48 Å². The van der Waals surface area contributed by atoms with Crippen molar-refractivity contribution in [1.29, 1.82) is 0 Å². The van der Waals surface area contributed by atoms with Crippen molar-refractivity contribution in [2.45, 2.75) is 25.9 Å². The highest BCUT2D eigenvalue weighted by atomic mass is 16.6. The maximum Gasteiger partial charge on any atom is 0.253 e. The van der Waals surface area contributed by atoms with Crippen LogP contribution in [0, 0.1) is 0 Å². The summed E-state index contributed by atoms with van der Waals surface area (Å²) >= 11 is 0. The van der Waals surface area contributed by atoms with Crippen LogP contribution in [0.25, 0.3) is 0 Å². The molecule has 2 aromatic rings. The number of nitrogens with one attached hydrogen (secondary N) is 1. The molecule has 0 spiro atoms. The standard InChI is InChI=1S/C17H20N2O2/c1-17(2,14-8-10-15(18)11-9-14)16(20)19-21-12-13-6-4-3-5-7-13/h3-11H,12,18H2,1-2H3,(H,19,20). The molecule has 0 fully saturated rings. The van der Waals surface area contributed by atoms with Crippen LogP contribution in [0.5, 0.6) is 0 Å². The lowest BCUT2D eigenvalue weighted by Gasteiger charge is -2.23. The quantitative estimate of drug-likeness (QED) is 0.655.